The van der Waals surface area contributed by atoms with Crippen LogP contribution in [-0.4, -0.2) is 37.1 Å². The summed E-state index contributed by atoms with van der Waals surface area (Å²) in [6, 6.07) is 0. The van der Waals surface area contributed by atoms with E-state index in [4.69, 9.17) is 4.74 Å². The molecule has 3 nitrogen and oxygen atoms in total. The molecule has 0 aromatic carbocycles. The van der Waals surface area contributed by atoms with E-state index in [1.807, 2.05) is 13.8 Å². The second kappa shape index (κ2) is 6.62. The van der Waals surface area contributed by atoms with Crippen LogP contribution in [0.25, 0.3) is 0 Å². The highest BCUT2D eigenvalue weighted by Crippen LogP contribution is 2.10. The quantitative estimate of drug-likeness (QED) is 0.526. The van der Waals surface area contributed by atoms with Crippen molar-refractivity contribution in [1.82, 2.24) is 4.90 Å². The Hall–Kier alpha value is -0.830. The van der Waals surface area contributed by atoms with Crippen LogP contribution in [0.2, 0.25) is 0 Å². The van der Waals surface area contributed by atoms with Crippen molar-refractivity contribution in [2.45, 2.75) is 33.1 Å². The summed E-state index contributed by atoms with van der Waals surface area (Å²) in [7, 11) is 0. The number of piperidine rings is 1. The van der Waals surface area contributed by atoms with Gasteiger partial charge in [0.2, 0.25) is 0 Å². The molecule has 1 saturated heterocycles. The van der Waals surface area contributed by atoms with Crippen molar-refractivity contribution in [3.05, 3.63) is 11.6 Å². The summed E-state index contributed by atoms with van der Waals surface area (Å²) in [6.45, 7) is 7.49. The van der Waals surface area contributed by atoms with Gasteiger partial charge in [-0.3, -0.25) is 4.90 Å². The van der Waals surface area contributed by atoms with E-state index >= 15 is 0 Å². The molecule has 1 heterocycles. The van der Waals surface area contributed by atoms with Crippen LogP contribution in [-0.2, 0) is 9.53 Å². The lowest BCUT2D eigenvalue weighted by Gasteiger charge is -2.26. The number of carbonyl (C=O) groups excluding carboxylic acids is 1. The van der Waals surface area contributed by atoms with Gasteiger partial charge in [0.05, 0.1) is 6.61 Å². The van der Waals surface area contributed by atoms with Gasteiger partial charge in [-0.15, -0.1) is 0 Å². The summed E-state index contributed by atoms with van der Waals surface area (Å²) in [6.07, 6.45) is 5.52. The van der Waals surface area contributed by atoms with Gasteiger partial charge in [0.25, 0.3) is 0 Å². The minimum atomic E-state index is -0.216. The molecule has 0 N–H and O–H groups in total. The Kier molecular flexibility index (Phi) is 5.40. The molecule has 0 radical (unpaired) electrons. The summed E-state index contributed by atoms with van der Waals surface area (Å²) >= 11 is 0. The molecular weight excluding hydrogens is 190 g/mol. The molecule has 15 heavy (non-hydrogen) atoms. The Bertz CT molecular complexity index is 230. The average molecular weight is 211 g/mol. The second-order valence-electron chi connectivity index (χ2n) is 4.08. The Balaban J connectivity index is 2.32. The normalized spacial score (nSPS) is 18.9. The highest BCUT2D eigenvalue weighted by molar-refractivity contribution is 5.82. The molecule has 1 aliphatic rings. The van der Waals surface area contributed by atoms with Crippen LogP contribution in [0.1, 0.15) is 33.1 Å². The monoisotopic (exact) mass is 211 g/mol. The molecule has 1 aliphatic heterocycles. The molecule has 0 bridgehead atoms. The lowest BCUT2D eigenvalue weighted by molar-refractivity contribution is -0.137. The van der Waals surface area contributed by atoms with Gasteiger partial charge >= 0.3 is 5.97 Å². The first-order valence-electron chi connectivity index (χ1n) is 5.78. The molecule has 0 atom stereocenters. The third-order valence-electron chi connectivity index (χ3n) is 2.57. The van der Waals surface area contributed by atoms with Crippen LogP contribution >= 0.6 is 0 Å². The van der Waals surface area contributed by atoms with Gasteiger partial charge in [0.1, 0.15) is 0 Å². The fraction of sp³-hybridized carbons (Fsp3) is 0.750. The lowest BCUT2D eigenvalue weighted by atomic mass is 10.1. The van der Waals surface area contributed by atoms with Crippen LogP contribution in [0.3, 0.4) is 0 Å². The van der Waals surface area contributed by atoms with E-state index in [0.717, 1.165) is 25.2 Å². The van der Waals surface area contributed by atoms with Crippen molar-refractivity contribution in [3.8, 4) is 0 Å². The molecular formula is C12H21NO2. The number of rotatable bonds is 4. The molecule has 0 amide bonds. The van der Waals surface area contributed by atoms with E-state index < -0.39 is 0 Å². The summed E-state index contributed by atoms with van der Waals surface area (Å²) in [5.74, 6) is -0.216. The predicted molar refractivity (Wildman–Crippen MR) is 60.7 cm³/mol. The van der Waals surface area contributed by atoms with Crippen LogP contribution in [0.15, 0.2) is 11.6 Å². The van der Waals surface area contributed by atoms with Gasteiger partial charge in [0.15, 0.2) is 0 Å². The van der Waals surface area contributed by atoms with E-state index in [-0.39, 0.29) is 5.97 Å². The largest absolute Gasteiger partial charge is 0.463 e. The van der Waals surface area contributed by atoms with E-state index in [1.54, 1.807) is 6.08 Å². The molecule has 1 fully saturated rings. The van der Waals surface area contributed by atoms with Crippen molar-refractivity contribution in [2.75, 3.05) is 26.2 Å². The van der Waals surface area contributed by atoms with Gasteiger partial charge in [-0.1, -0.05) is 12.0 Å². The SMILES string of the molecule is CCOC(=O)C=C(C)CN1CCCCC1. The molecule has 0 aliphatic carbocycles. The van der Waals surface area contributed by atoms with Crippen molar-refractivity contribution < 1.29 is 9.53 Å². The Morgan fingerprint density at radius 3 is 2.60 bits per heavy atom. The van der Waals surface area contributed by atoms with Crippen molar-refractivity contribution in [1.29, 1.82) is 0 Å². The highest BCUT2D eigenvalue weighted by Gasteiger charge is 2.10. The Labute approximate surface area is 92.1 Å². The maximum atomic E-state index is 11.2. The zero-order valence-electron chi connectivity index (χ0n) is 9.79. The first-order chi connectivity index (χ1) is 7.22. The minimum Gasteiger partial charge on any atom is -0.463 e. The summed E-state index contributed by atoms with van der Waals surface area (Å²) < 4.78 is 4.87. The molecule has 86 valence electrons. The lowest BCUT2D eigenvalue weighted by Crippen LogP contribution is -2.31. The molecule has 0 unspecified atom stereocenters. The second-order valence-corrected chi connectivity index (χ2v) is 4.08. The average Bonchev–Trinajstić information content (AvgIpc) is 2.19. The van der Waals surface area contributed by atoms with Crippen LogP contribution < -0.4 is 0 Å². The summed E-state index contributed by atoms with van der Waals surface area (Å²) in [4.78, 5) is 13.6. The van der Waals surface area contributed by atoms with E-state index in [0.29, 0.717) is 6.61 Å². The van der Waals surface area contributed by atoms with E-state index in [9.17, 15) is 4.79 Å². The topological polar surface area (TPSA) is 29.5 Å². The number of hydrogen-bond donors (Lipinski definition) is 0. The van der Waals surface area contributed by atoms with Gasteiger partial charge in [0, 0.05) is 12.6 Å². The van der Waals surface area contributed by atoms with Gasteiger partial charge < -0.3 is 4.74 Å². The molecule has 0 saturated carbocycles. The fourth-order valence-corrected chi connectivity index (χ4v) is 1.90. The standard InChI is InChI=1S/C12H21NO2/c1-3-15-12(14)9-11(2)10-13-7-5-4-6-8-13/h9H,3-8,10H2,1-2H3. The number of carbonyl (C=O) groups is 1. The first-order valence-corrected chi connectivity index (χ1v) is 5.78. The van der Waals surface area contributed by atoms with E-state index in [2.05, 4.69) is 4.90 Å². The number of nitrogens with zero attached hydrogens (tertiary/aromatic N) is 1. The molecule has 1 rings (SSSR count). The smallest absolute Gasteiger partial charge is 0.330 e. The zero-order valence-corrected chi connectivity index (χ0v) is 9.79. The van der Waals surface area contributed by atoms with Gasteiger partial charge in [-0.2, -0.15) is 0 Å². The minimum absolute atomic E-state index is 0.216. The third kappa shape index (κ3) is 4.98. The first kappa shape index (κ1) is 12.2. The maximum Gasteiger partial charge on any atom is 0.330 e. The van der Waals surface area contributed by atoms with Crippen molar-refractivity contribution in [2.24, 2.45) is 0 Å². The Morgan fingerprint density at radius 1 is 1.33 bits per heavy atom. The summed E-state index contributed by atoms with van der Waals surface area (Å²) in [5.41, 5.74) is 1.09. The van der Waals surface area contributed by atoms with Gasteiger partial charge in [-0.05, 0) is 39.8 Å². The predicted octanol–water partition coefficient (Wildman–Crippen LogP) is 1.98. The zero-order chi connectivity index (χ0) is 11.1. The maximum absolute atomic E-state index is 11.2. The fourth-order valence-electron chi connectivity index (χ4n) is 1.90. The van der Waals surface area contributed by atoms with Gasteiger partial charge in [-0.25, -0.2) is 4.79 Å². The Morgan fingerprint density at radius 2 is 2.00 bits per heavy atom. The molecule has 3 heteroatoms. The van der Waals surface area contributed by atoms with Crippen LogP contribution in [0, 0.1) is 0 Å². The van der Waals surface area contributed by atoms with E-state index in [1.165, 1.54) is 19.3 Å². The molecule has 0 aromatic heterocycles. The highest BCUT2D eigenvalue weighted by atomic mass is 16.5. The third-order valence-corrected chi connectivity index (χ3v) is 2.57. The molecule has 0 spiro atoms. The number of esters is 1. The van der Waals surface area contributed by atoms with Crippen LogP contribution in [0.5, 0.6) is 0 Å². The van der Waals surface area contributed by atoms with Crippen LogP contribution in [0.4, 0.5) is 0 Å². The number of likely N-dealkylation sites (tertiary alicyclic amines) is 1. The number of ether oxygens (including phenoxy) is 1. The molecule has 0 aromatic rings. The number of hydrogen-bond acceptors (Lipinski definition) is 3. The summed E-state index contributed by atoms with van der Waals surface area (Å²) in [5, 5.41) is 0. The van der Waals surface area contributed by atoms with Crippen molar-refractivity contribution >= 4 is 5.97 Å². The van der Waals surface area contributed by atoms with Crippen molar-refractivity contribution in [3.63, 3.8) is 0 Å².